The molecule has 0 bridgehead atoms. The third-order valence-corrected chi connectivity index (χ3v) is 1.17. The smallest absolute Gasteiger partial charge is 0.153 e. The van der Waals surface area contributed by atoms with Gasteiger partial charge in [-0.15, -0.1) is 0 Å². The first kappa shape index (κ1) is 9.71. The zero-order chi connectivity index (χ0) is 9.68. The van der Waals surface area contributed by atoms with Gasteiger partial charge in [0.05, 0.1) is 0 Å². The van der Waals surface area contributed by atoms with Crippen molar-refractivity contribution in [2.24, 2.45) is 5.92 Å². The van der Waals surface area contributed by atoms with E-state index in [1.807, 2.05) is 18.3 Å². The van der Waals surface area contributed by atoms with Crippen LogP contribution in [-0.4, -0.2) is 14.6 Å². The van der Waals surface area contributed by atoms with Gasteiger partial charge in [-0.05, 0) is 18.1 Å². The van der Waals surface area contributed by atoms with E-state index in [-0.39, 0.29) is 0 Å². The second-order valence-corrected chi connectivity index (χ2v) is 3.49. The van der Waals surface area contributed by atoms with Crippen molar-refractivity contribution in [1.82, 2.24) is 14.6 Å². The molecule has 0 atom stereocenters. The Morgan fingerprint density at radius 3 is 2.54 bits per heavy atom. The molecule has 3 nitrogen and oxygen atoms in total. The van der Waals surface area contributed by atoms with Gasteiger partial charge in [0.2, 0.25) is 0 Å². The van der Waals surface area contributed by atoms with Crippen LogP contribution in [0.5, 0.6) is 0 Å². The van der Waals surface area contributed by atoms with Crippen molar-refractivity contribution in [2.75, 3.05) is 0 Å². The molecule has 0 radical (unpaired) electrons. The molecular weight excluding hydrogens is 162 g/mol. The van der Waals surface area contributed by atoms with E-state index in [1.165, 1.54) is 0 Å². The molecule has 0 aliphatic heterocycles. The molecule has 0 saturated heterocycles. The first-order chi connectivity index (χ1) is 6.20. The summed E-state index contributed by atoms with van der Waals surface area (Å²) in [5.41, 5.74) is 0.887. The molecular formula is C10H15N3. The van der Waals surface area contributed by atoms with E-state index in [9.17, 15) is 0 Å². The molecule has 0 fully saturated rings. The zero-order valence-corrected chi connectivity index (χ0v) is 8.31. The lowest BCUT2D eigenvalue weighted by Gasteiger charge is -1.85. The van der Waals surface area contributed by atoms with Crippen molar-refractivity contribution in [1.29, 1.82) is 0 Å². The normalized spacial score (nSPS) is 9.85. The summed E-state index contributed by atoms with van der Waals surface area (Å²) in [7, 11) is 0. The highest BCUT2D eigenvalue weighted by molar-refractivity contribution is 5.34. The van der Waals surface area contributed by atoms with E-state index >= 15 is 0 Å². The minimum Gasteiger partial charge on any atom is -0.236 e. The van der Waals surface area contributed by atoms with Crippen molar-refractivity contribution in [3.63, 3.8) is 0 Å². The van der Waals surface area contributed by atoms with Gasteiger partial charge >= 0.3 is 0 Å². The summed E-state index contributed by atoms with van der Waals surface area (Å²) in [5, 5.41) is 4.00. The first-order valence-electron chi connectivity index (χ1n) is 4.44. The lowest BCUT2D eigenvalue weighted by Crippen LogP contribution is -1.85. The Bertz CT molecular complexity index is 319. The average molecular weight is 177 g/mol. The van der Waals surface area contributed by atoms with E-state index in [4.69, 9.17) is 0 Å². The van der Waals surface area contributed by atoms with Crippen LogP contribution in [0.3, 0.4) is 0 Å². The van der Waals surface area contributed by atoms with Crippen LogP contribution in [0.2, 0.25) is 0 Å². The number of hydrogen-bond acceptors (Lipinski definition) is 2. The largest absolute Gasteiger partial charge is 0.236 e. The third-order valence-electron chi connectivity index (χ3n) is 1.17. The lowest BCUT2D eigenvalue weighted by molar-refractivity contribution is 0.737. The SMILES string of the molecule is CC(C)C.c1cnn2ccnc2c1. The molecule has 0 amide bonds. The van der Waals surface area contributed by atoms with Gasteiger partial charge in [0, 0.05) is 18.6 Å². The molecule has 2 heterocycles. The molecule has 2 aromatic rings. The third kappa shape index (κ3) is 3.23. The zero-order valence-electron chi connectivity index (χ0n) is 8.31. The van der Waals surface area contributed by atoms with E-state index in [0.717, 1.165) is 11.6 Å². The Balaban J connectivity index is 0.000000184. The molecule has 3 heteroatoms. The predicted molar refractivity (Wildman–Crippen MR) is 53.5 cm³/mol. The van der Waals surface area contributed by atoms with Gasteiger partial charge in [0.15, 0.2) is 5.65 Å². The predicted octanol–water partition coefficient (Wildman–Crippen LogP) is 2.39. The minimum absolute atomic E-state index is 0.833. The van der Waals surface area contributed by atoms with E-state index in [1.54, 1.807) is 16.9 Å². The summed E-state index contributed by atoms with van der Waals surface area (Å²) in [6.45, 7) is 6.50. The van der Waals surface area contributed by atoms with Crippen molar-refractivity contribution in [3.8, 4) is 0 Å². The van der Waals surface area contributed by atoms with Crippen LogP contribution in [0.4, 0.5) is 0 Å². The fourth-order valence-electron chi connectivity index (χ4n) is 0.765. The van der Waals surface area contributed by atoms with Crippen LogP contribution in [0.15, 0.2) is 30.7 Å². The fraction of sp³-hybridized carbons (Fsp3) is 0.400. The molecule has 0 aromatic carbocycles. The summed E-state index contributed by atoms with van der Waals surface area (Å²) < 4.78 is 1.72. The van der Waals surface area contributed by atoms with Crippen molar-refractivity contribution < 1.29 is 0 Å². The molecule has 0 aliphatic rings. The molecule has 2 aromatic heterocycles. The topological polar surface area (TPSA) is 30.2 Å². The molecule has 2 rings (SSSR count). The highest BCUT2D eigenvalue weighted by atomic mass is 15.2. The standard InChI is InChI=1S/C6H5N3.C4H10/c1-2-6-7-4-5-9(6)8-3-1;1-4(2)3/h1-5H;4H,1-3H3. The maximum absolute atomic E-state index is 4.02. The molecule has 0 aliphatic carbocycles. The van der Waals surface area contributed by atoms with E-state index in [2.05, 4.69) is 30.9 Å². The van der Waals surface area contributed by atoms with Gasteiger partial charge in [0.25, 0.3) is 0 Å². The molecule has 0 spiro atoms. The molecule has 0 saturated carbocycles. The Labute approximate surface area is 78.4 Å². The average Bonchev–Trinajstić information content (AvgIpc) is 2.49. The van der Waals surface area contributed by atoms with Crippen molar-refractivity contribution in [2.45, 2.75) is 20.8 Å². The first-order valence-corrected chi connectivity index (χ1v) is 4.44. The number of nitrogens with zero attached hydrogens (tertiary/aromatic N) is 3. The Morgan fingerprint density at radius 2 is 1.92 bits per heavy atom. The summed E-state index contributed by atoms with van der Waals surface area (Å²) in [6.07, 6.45) is 5.27. The van der Waals surface area contributed by atoms with E-state index in [0.29, 0.717) is 0 Å². The summed E-state index contributed by atoms with van der Waals surface area (Å²) in [6, 6.07) is 3.77. The van der Waals surface area contributed by atoms with Gasteiger partial charge in [-0.3, -0.25) is 0 Å². The lowest BCUT2D eigenvalue weighted by atomic mass is 10.3. The monoisotopic (exact) mass is 177 g/mol. The van der Waals surface area contributed by atoms with Crippen LogP contribution in [0.1, 0.15) is 20.8 Å². The van der Waals surface area contributed by atoms with Gasteiger partial charge in [-0.25, -0.2) is 9.50 Å². The second-order valence-electron chi connectivity index (χ2n) is 3.49. The quantitative estimate of drug-likeness (QED) is 0.618. The Morgan fingerprint density at radius 1 is 1.23 bits per heavy atom. The number of imidazole rings is 1. The van der Waals surface area contributed by atoms with Gasteiger partial charge in [-0.1, -0.05) is 20.8 Å². The number of fused-ring (bicyclic) bond motifs is 1. The molecule has 0 unspecified atom stereocenters. The second kappa shape index (κ2) is 4.60. The minimum atomic E-state index is 0.833. The van der Waals surface area contributed by atoms with Crippen LogP contribution < -0.4 is 0 Å². The van der Waals surface area contributed by atoms with E-state index < -0.39 is 0 Å². The van der Waals surface area contributed by atoms with Gasteiger partial charge in [0.1, 0.15) is 0 Å². The maximum atomic E-state index is 4.02. The maximum Gasteiger partial charge on any atom is 0.153 e. The summed E-state index contributed by atoms with van der Waals surface area (Å²) >= 11 is 0. The highest BCUT2D eigenvalue weighted by Crippen LogP contribution is 1.93. The van der Waals surface area contributed by atoms with Crippen molar-refractivity contribution in [3.05, 3.63) is 30.7 Å². The number of aromatic nitrogens is 3. The van der Waals surface area contributed by atoms with Crippen LogP contribution in [0, 0.1) is 5.92 Å². The van der Waals surface area contributed by atoms with Crippen LogP contribution in [0.25, 0.3) is 5.65 Å². The van der Waals surface area contributed by atoms with Crippen LogP contribution >= 0.6 is 0 Å². The fourth-order valence-corrected chi connectivity index (χ4v) is 0.765. The van der Waals surface area contributed by atoms with Gasteiger partial charge < -0.3 is 0 Å². The highest BCUT2D eigenvalue weighted by Gasteiger charge is 1.86. The van der Waals surface area contributed by atoms with Crippen LogP contribution in [-0.2, 0) is 0 Å². The molecule has 0 N–H and O–H groups in total. The number of rotatable bonds is 0. The van der Waals surface area contributed by atoms with Crippen molar-refractivity contribution >= 4 is 5.65 Å². The molecule has 13 heavy (non-hydrogen) atoms. The Kier molecular flexibility index (Phi) is 3.43. The Hall–Kier alpha value is -1.38. The van der Waals surface area contributed by atoms with Gasteiger partial charge in [-0.2, -0.15) is 5.10 Å². The number of hydrogen-bond donors (Lipinski definition) is 0. The summed E-state index contributed by atoms with van der Waals surface area (Å²) in [4.78, 5) is 4.02. The molecule has 70 valence electrons. The summed E-state index contributed by atoms with van der Waals surface area (Å²) in [5.74, 6) is 0.833.